The predicted octanol–water partition coefficient (Wildman–Crippen LogP) is 3.86. The summed E-state index contributed by atoms with van der Waals surface area (Å²) in [5.74, 6) is 0.294. The predicted molar refractivity (Wildman–Crippen MR) is 113 cm³/mol. The van der Waals surface area contributed by atoms with Crippen molar-refractivity contribution in [2.24, 2.45) is 0 Å². The molecule has 2 rings (SSSR count). The fourth-order valence-electron chi connectivity index (χ4n) is 2.68. The van der Waals surface area contributed by atoms with Crippen LogP contribution in [-0.2, 0) is 21.4 Å². The molecule has 0 saturated carbocycles. The van der Waals surface area contributed by atoms with Crippen molar-refractivity contribution >= 4 is 44.8 Å². The molecule has 0 fully saturated rings. The standard InChI is InChI=1S/C19H22Cl2N2O4S/c1-4-27-18-7-5-14(6-8-18)12-22-19(24)13(2)23(28(3,25)26)17-10-15(20)9-16(21)11-17/h5-11,13H,4,12H2,1-3H3,(H,22,24)/t13-/m0/s1. The van der Waals surface area contributed by atoms with Crippen LogP contribution in [0.3, 0.4) is 0 Å². The summed E-state index contributed by atoms with van der Waals surface area (Å²) in [5.41, 5.74) is 1.09. The minimum atomic E-state index is -3.75. The number of carbonyl (C=O) groups excluding carboxylic acids is 1. The van der Waals surface area contributed by atoms with E-state index in [0.29, 0.717) is 6.61 Å². The van der Waals surface area contributed by atoms with Crippen molar-refractivity contribution in [3.8, 4) is 5.75 Å². The second kappa shape index (κ2) is 9.49. The molecule has 1 atom stereocenters. The van der Waals surface area contributed by atoms with E-state index in [1.165, 1.54) is 25.1 Å². The Labute approximate surface area is 175 Å². The van der Waals surface area contributed by atoms with Gasteiger partial charge in [0.25, 0.3) is 0 Å². The number of hydrogen-bond acceptors (Lipinski definition) is 4. The molecular weight excluding hydrogens is 423 g/mol. The van der Waals surface area contributed by atoms with E-state index < -0.39 is 22.0 Å². The topological polar surface area (TPSA) is 75.7 Å². The van der Waals surface area contributed by atoms with Gasteiger partial charge >= 0.3 is 0 Å². The first kappa shape index (κ1) is 22.3. The van der Waals surface area contributed by atoms with E-state index in [1.54, 1.807) is 0 Å². The molecule has 0 heterocycles. The molecule has 2 aromatic rings. The van der Waals surface area contributed by atoms with E-state index in [1.807, 2.05) is 31.2 Å². The number of halogens is 2. The largest absolute Gasteiger partial charge is 0.494 e. The van der Waals surface area contributed by atoms with Gasteiger partial charge in [-0.15, -0.1) is 0 Å². The van der Waals surface area contributed by atoms with Gasteiger partial charge in [0.05, 0.1) is 18.6 Å². The van der Waals surface area contributed by atoms with Crippen molar-refractivity contribution in [2.45, 2.75) is 26.4 Å². The van der Waals surface area contributed by atoms with Gasteiger partial charge in [0, 0.05) is 16.6 Å². The number of nitrogens with one attached hydrogen (secondary N) is 1. The zero-order valence-electron chi connectivity index (χ0n) is 15.8. The molecule has 9 heteroatoms. The molecule has 0 aliphatic heterocycles. The molecule has 0 unspecified atom stereocenters. The number of hydrogen-bond donors (Lipinski definition) is 1. The van der Waals surface area contributed by atoms with Crippen LogP contribution in [-0.4, -0.2) is 33.2 Å². The lowest BCUT2D eigenvalue weighted by atomic mass is 10.2. The highest BCUT2D eigenvalue weighted by Gasteiger charge is 2.29. The lowest BCUT2D eigenvalue weighted by molar-refractivity contribution is -0.122. The summed E-state index contributed by atoms with van der Waals surface area (Å²) in [6, 6.07) is 10.7. The van der Waals surface area contributed by atoms with Crippen molar-refractivity contribution in [1.82, 2.24) is 5.32 Å². The van der Waals surface area contributed by atoms with Crippen LogP contribution >= 0.6 is 23.2 Å². The third-order valence-corrected chi connectivity index (χ3v) is 5.57. The maximum absolute atomic E-state index is 12.6. The zero-order chi connectivity index (χ0) is 20.9. The van der Waals surface area contributed by atoms with Gasteiger partial charge in [-0.2, -0.15) is 0 Å². The monoisotopic (exact) mass is 444 g/mol. The Bertz CT molecular complexity index is 913. The summed E-state index contributed by atoms with van der Waals surface area (Å²) in [4.78, 5) is 12.6. The highest BCUT2D eigenvalue weighted by molar-refractivity contribution is 7.92. The van der Waals surface area contributed by atoms with Gasteiger partial charge in [0.15, 0.2) is 0 Å². The van der Waals surface area contributed by atoms with E-state index in [4.69, 9.17) is 27.9 Å². The first-order valence-corrected chi connectivity index (χ1v) is 11.2. The van der Waals surface area contributed by atoms with Crippen molar-refractivity contribution < 1.29 is 17.9 Å². The fourth-order valence-corrected chi connectivity index (χ4v) is 4.36. The van der Waals surface area contributed by atoms with Crippen LogP contribution in [0.1, 0.15) is 19.4 Å². The SMILES string of the molecule is CCOc1ccc(CNC(=O)[C@H](C)N(c2cc(Cl)cc(Cl)c2)S(C)(=O)=O)cc1. The molecule has 0 bridgehead atoms. The normalized spacial score (nSPS) is 12.3. The van der Waals surface area contributed by atoms with Crippen LogP contribution in [0.15, 0.2) is 42.5 Å². The average molecular weight is 445 g/mol. The van der Waals surface area contributed by atoms with Gasteiger partial charge in [-0.3, -0.25) is 9.10 Å². The van der Waals surface area contributed by atoms with E-state index in [9.17, 15) is 13.2 Å². The maximum Gasteiger partial charge on any atom is 0.243 e. The summed E-state index contributed by atoms with van der Waals surface area (Å²) >= 11 is 12.0. The van der Waals surface area contributed by atoms with E-state index in [-0.39, 0.29) is 22.3 Å². The third-order valence-electron chi connectivity index (χ3n) is 3.89. The molecule has 6 nitrogen and oxygen atoms in total. The quantitative estimate of drug-likeness (QED) is 0.670. The molecule has 0 aliphatic rings. The van der Waals surface area contributed by atoms with Crippen LogP contribution in [0.2, 0.25) is 10.0 Å². The van der Waals surface area contributed by atoms with E-state index in [2.05, 4.69) is 5.32 Å². The van der Waals surface area contributed by atoms with Crippen LogP contribution in [0.4, 0.5) is 5.69 Å². The number of benzene rings is 2. The van der Waals surface area contributed by atoms with Crippen molar-refractivity contribution in [1.29, 1.82) is 0 Å². The van der Waals surface area contributed by atoms with Crippen molar-refractivity contribution in [2.75, 3.05) is 17.2 Å². The Hall–Kier alpha value is -1.96. The maximum atomic E-state index is 12.6. The molecule has 0 radical (unpaired) electrons. The number of nitrogens with zero attached hydrogens (tertiary/aromatic N) is 1. The van der Waals surface area contributed by atoms with Gasteiger partial charge in [0.2, 0.25) is 15.9 Å². The average Bonchev–Trinajstić information content (AvgIpc) is 2.59. The van der Waals surface area contributed by atoms with E-state index in [0.717, 1.165) is 21.9 Å². The van der Waals surface area contributed by atoms with Crippen molar-refractivity contribution in [3.63, 3.8) is 0 Å². The summed E-state index contributed by atoms with van der Waals surface area (Å²) in [6.45, 7) is 4.23. The Morgan fingerprint density at radius 1 is 1.14 bits per heavy atom. The summed E-state index contributed by atoms with van der Waals surface area (Å²) in [5, 5.41) is 3.30. The Balaban J connectivity index is 2.15. The molecule has 0 aliphatic carbocycles. The Kier molecular flexibility index (Phi) is 7.57. The zero-order valence-corrected chi connectivity index (χ0v) is 18.1. The minimum Gasteiger partial charge on any atom is -0.494 e. The molecule has 0 spiro atoms. The Morgan fingerprint density at radius 2 is 1.71 bits per heavy atom. The smallest absolute Gasteiger partial charge is 0.243 e. The first-order chi connectivity index (χ1) is 13.1. The molecule has 1 N–H and O–H groups in total. The summed E-state index contributed by atoms with van der Waals surface area (Å²) < 4.78 is 31.0. The van der Waals surface area contributed by atoms with Crippen LogP contribution < -0.4 is 14.4 Å². The Morgan fingerprint density at radius 3 is 2.21 bits per heavy atom. The third kappa shape index (κ3) is 6.02. The number of carbonyl (C=O) groups is 1. The van der Waals surface area contributed by atoms with Gasteiger partial charge in [-0.1, -0.05) is 35.3 Å². The number of anilines is 1. The van der Waals surface area contributed by atoms with Gasteiger partial charge in [-0.25, -0.2) is 8.42 Å². The number of rotatable bonds is 8. The summed E-state index contributed by atoms with van der Waals surface area (Å²) in [6.07, 6.45) is 1.03. The molecule has 0 aromatic heterocycles. The van der Waals surface area contributed by atoms with Crippen molar-refractivity contribution in [3.05, 3.63) is 58.1 Å². The number of sulfonamides is 1. The first-order valence-electron chi connectivity index (χ1n) is 8.56. The highest BCUT2D eigenvalue weighted by Crippen LogP contribution is 2.28. The van der Waals surface area contributed by atoms with Crippen LogP contribution in [0.5, 0.6) is 5.75 Å². The highest BCUT2D eigenvalue weighted by atomic mass is 35.5. The molecular formula is C19H22Cl2N2O4S. The second-order valence-electron chi connectivity index (χ2n) is 6.16. The van der Waals surface area contributed by atoms with Gasteiger partial charge in [0.1, 0.15) is 11.8 Å². The molecule has 152 valence electrons. The molecule has 1 amide bonds. The van der Waals surface area contributed by atoms with Crippen LogP contribution in [0.25, 0.3) is 0 Å². The number of ether oxygens (including phenoxy) is 1. The second-order valence-corrected chi connectivity index (χ2v) is 8.89. The van der Waals surface area contributed by atoms with E-state index >= 15 is 0 Å². The van der Waals surface area contributed by atoms with Gasteiger partial charge < -0.3 is 10.1 Å². The minimum absolute atomic E-state index is 0.226. The lowest BCUT2D eigenvalue weighted by Crippen LogP contribution is -2.47. The van der Waals surface area contributed by atoms with Gasteiger partial charge in [-0.05, 0) is 49.7 Å². The van der Waals surface area contributed by atoms with Crippen LogP contribution in [0, 0.1) is 0 Å². The number of amides is 1. The summed E-state index contributed by atoms with van der Waals surface area (Å²) in [7, 11) is -3.75. The fraction of sp³-hybridized carbons (Fsp3) is 0.316. The molecule has 28 heavy (non-hydrogen) atoms. The molecule has 2 aromatic carbocycles. The molecule has 0 saturated heterocycles. The lowest BCUT2D eigenvalue weighted by Gasteiger charge is -2.28.